The Bertz CT molecular complexity index is 904. The highest BCUT2D eigenvalue weighted by atomic mass is 35.5. The molecule has 0 aliphatic heterocycles. The van der Waals surface area contributed by atoms with Gasteiger partial charge in [-0.1, -0.05) is 35.9 Å². The van der Waals surface area contributed by atoms with Gasteiger partial charge in [0.05, 0.1) is 0 Å². The smallest absolute Gasteiger partial charge is 0.270 e. The molecule has 0 radical (unpaired) electrons. The zero-order valence-electron chi connectivity index (χ0n) is 13.0. The third-order valence-corrected chi connectivity index (χ3v) is 3.73. The van der Waals surface area contributed by atoms with Gasteiger partial charge in [0, 0.05) is 23.5 Å². The second kappa shape index (κ2) is 7.72. The Morgan fingerprint density at radius 2 is 1.96 bits per heavy atom. The number of nitrogens with zero attached hydrogens (tertiary/aromatic N) is 2. The van der Waals surface area contributed by atoms with Crippen LogP contribution in [0.15, 0.2) is 60.8 Å². The molecule has 0 fully saturated rings. The van der Waals surface area contributed by atoms with Crippen LogP contribution in [0.3, 0.4) is 0 Å². The van der Waals surface area contributed by atoms with E-state index in [-0.39, 0.29) is 29.9 Å². The number of hydrogen-bond donors (Lipinski definition) is 2. The second-order valence-electron chi connectivity index (χ2n) is 5.17. The molecule has 7 heteroatoms. The average molecular weight is 357 g/mol. The number of aromatic nitrogens is 2. The summed E-state index contributed by atoms with van der Waals surface area (Å²) in [5.41, 5.74) is 1.50. The molecule has 0 unspecified atom stereocenters. The molecule has 5 nitrogen and oxygen atoms in total. The van der Waals surface area contributed by atoms with Crippen molar-refractivity contribution in [2.75, 3.05) is 5.32 Å². The maximum absolute atomic E-state index is 13.2. The molecule has 0 bridgehead atoms. The van der Waals surface area contributed by atoms with Gasteiger partial charge < -0.3 is 10.6 Å². The fourth-order valence-corrected chi connectivity index (χ4v) is 2.35. The summed E-state index contributed by atoms with van der Waals surface area (Å²) in [6.07, 6.45) is 1.46. The summed E-state index contributed by atoms with van der Waals surface area (Å²) in [5.74, 6) is -0.528. The van der Waals surface area contributed by atoms with Crippen LogP contribution in [0.5, 0.6) is 0 Å². The number of benzene rings is 2. The molecule has 0 aliphatic rings. The van der Waals surface area contributed by atoms with Crippen LogP contribution in [0.25, 0.3) is 0 Å². The Morgan fingerprint density at radius 1 is 1.12 bits per heavy atom. The van der Waals surface area contributed by atoms with Crippen LogP contribution in [-0.4, -0.2) is 15.9 Å². The number of anilines is 2. The van der Waals surface area contributed by atoms with E-state index in [2.05, 4.69) is 20.6 Å². The van der Waals surface area contributed by atoms with E-state index < -0.39 is 0 Å². The van der Waals surface area contributed by atoms with Crippen LogP contribution < -0.4 is 10.6 Å². The first kappa shape index (κ1) is 16.9. The standard InChI is InChI=1S/C18H14ClFN4O/c19-15-7-2-1-4-12(15)11-22-17(25)16-8-9-21-18(24-16)23-14-6-3-5-13(20)10-14/h1-10H,11H2,(H,22,25)(H,21,23,24). The highest BCUT2D eigenvalue weighted by molar-refractivity contribution is 6.31. The predicted molar refractivity (Wildman–Crippen MR) is 94.3 cm³/mol. The molecule has 0 saturated carbocycles. The fraction of sp³-hybridized carbons (Fsp3) is 0.0556. The lowest BCUT2D eigenvalue weighted by Gasteiger charge is -2.08. The van der Waals surface area contributed by atoms with Gasteiger partial charge in [-0.05, 0) is 35.9 Å². The molecule has 3 aromatic rings. The summed E-state index contributed by atoms with van der Waals surface area (Å²) in [4.78, 5) is 20.4. The van der Waals surface area contributed by atoms with Gasteiger partial charge in [-0.2, -0.15) is 0 Å². The molecule has 1 aromatic heterocycles. The van der Waals surface area contributed by atoms with E-state index in [1.54, 1.807) is 18.2 Å². The summed E-state index contributed by atoms with van der Waals surface area (Å²) in [6, 6.07) is 14.7. The molecule has 3 rings (SSSR count). The van der Waals surface area contributed by atoms with Gasteiger partial charge in [0.25, 0.3) is 5.91 Å². The zero-order chi connectivity index (χ0) is 17.6. The van der Waals surface area contributed by atoms with Crippen molar-refractivity contribution in [3.05, 3.63) is 82.9 Å². The predicted octanol–water partition coefficient (Wildman–Crippen LogP) is 3.94. The molecule has 1 heterocycles. The summed E-state index contributed by atoms with van der Waals surface area (Å²) in [5, 5.41) is 6.20. The normalized spacial score (nSPS) is 10.3. The first-order chi connectivity index (χ1) is 12.1. The molecule has 25 heavy (non-hydrogen) atoms. The van der Waals surface area contributed by atoms with Crippen molar-refractivity contribution in [3.63, 3.8) is 0 Å². The lowest BCUT2D eigenvalue weighted by Crippen LogP contribution is -2.24. The third kappa shape index (κ3) is 4.51. The quantitative estimate of drug-likeness (QED) is 0.726. The maximum atomic E-state index is 13.2. The van der Waals surface area contributed by atoms with E-state index in [4.69, 9.17) is 11.6 Å². The summed E-state index contributed by atoms with van der Waals surface area (Å²) >= 11 is 6.06. The van der Waals surface area contributed by atoms with Crippen molar-refractivity contribution in [2.45, 2.75) is 6.54 Å². The largest absolute Gasteiger partial charge is 0.347 e. The van der Waals surface area contributed by atoms with Crippen molar-refractivity contribution in [3.8, 4) is 0 Å². The average Bonchev–Trinajstić information content (AvgIpc) is 2.61. The summed E-state index contributed by atoms with van der Waals surface area (Å²) < 4.78 is 13.2. The number of nitrogens with one attached hydrogen (secondary N) is 2. The number of rotatable bonds is 5. The van der Waals surface area contributed by atoms with E-state index >= 15 is 0 Å². The molecule has 0 aliphatic carbocycles. The minimum absolute atomic E-state index is 0.195. The van der Waals surface area contributed by atoms with E-state index in [1.165, 1.54) is 24.4 Å². The lowest BCUT2D eigenvalue weighted by molar-refractivity contribution is 0.0946. The molecule has 2 aromatic carbocycles. The monoisotopic (exact) mass is 356 g/mol. The number of halogens is 2. The first-order valence-corrected chi connectivity index (χ1v) is 7.87. The van der Waals surface area contributed by atoms with Crippen LogP contribution >= 0.6 is 11.6 Å². The number of carbonyl (C=O) groups is 1. The van der Waals surface area contributed by atoms with E-state index in [9.17, 15) is 9.18 Å². The minimum Gasteiger partial charge on any atom is -0.347 e. The number of amides is 1. The van der Waals surface area contributed by atoms with Gasteiger partial charge in [0.2, 0.25) is 5.95 Å². The SMILES string of the molecule is O=C(NCc1ccccc1Cl)c1ccnc(Nc2cccc(F)c2)n1. The lowest BCUT2D eigenvalue weighted by atomic mass is 10.2. The van der Waals surface area contributed by atoms with Crippen molar-refractivity contribution in [1.29, 1.82) is 0 Å². The van der Waals surface area contributed by atoms with Gasteiger partial charge in [-0.15, -0.1) is 0 Å². The van der Waals surface area contributed by atoms with E-state index in [1.807, 2.05) is 18.2 Å². The van der Waals surface area contributed by atoms with Crippen LogP contribution in [-0.2, 0) is 6.54 Å². The maximum Gasteiger partial charge on any atom is 0.270 e. The van der Waals surface area contributed by atoms with Crippen LogP contribution in [0, 0.1) is 5.82 Å². The molecule has 126 valence electrons. The van der Waals surface area contributed by atoms with Crippen molar-refractivity contribution in [1.82, 2.24) is 15.3 Å². The molecule has 1 amide bonds. The van der Waals surface area contributed by atoms with Crippen LogP contribution in [0.4, 0.5) is 16.0 Å². The Morgan fingerprint density at radius 3 is 2.76 bits per heavy atom. The van der Waals surface area contributed by atoms with Gasteiger partial charge in [-0.3, -0.25) is 4.79 Å². The van der Waals surface area contributed by atoms with Crippen LogP contribution in [0.2, 0.25) is 5.02 Å². The number of carbonyl (C=O) groups excluding carboxylic acids is 1. The second-order valence-corrected chi connectivity index (χ2v) is 5.58. The fourth-order valence-electron chi connectivity index (χ4n) is 2.15. The van der Waals surface area contributed by atoms with Crippen molar-refractivity contribution >= 4 is 29.1 Å². The van der Waals surface area contributed by atoms with Gasteiger partial charge in [0.15, 0.2) is 0 Å². The zero-order valence-corrected chi connectivity index (χ0v) is 13.8. The highest BCUT2D eigenvalue weighted by Crippen LogP contribution is 2.15. The molecular weight excluding hydrogens is 343 g/mol. The minimum atomic E-state index is -0.376. The Balaban J connectivity index is 1.68. The van der Waals surface area contributed by atoms with Gasteiger partial charge in [0.1, 0.15) is 11.5 Å². The first-order valence-electron chi connectivity index (χ1n) is 7.49. The Hall–Kier alpha value is -2.99. The molecule has 0 saturated heterocycles. The summed E-state index contributed by atoms with van der Waals surface area (Å²) in [6.45, 7) is 0.287. The third-order valence-electron chi connectivity index (χ3n) is 3.37. The Labute approximate surface area is 148 Å². The molecule has 0 atom stereocenters. The van der Waals surface area contributed by atoms with Crippen molar-refractivity contribution in [2.24, 2.45) is 0 Å². The van der Waals surface area contributed by atoms with E-state index in [0.717, 1.165) is 5.56 Å². The van der Waals surface area contributed by atoms with Crippen molar-refractivity contribution < 1.29 is 9.18 Å². The number of hydrogen-bond acceptors (Lipinski definition) is 4. The Kier molecular flexibility index (Phi) is 5.20. The summed E-state index contributed by atoms with van der Waals surface area (Å²) in [7, 11) is 0. The van der Waals surface area contributed by atoms with Gasteiger partial charge >= 0.3 is 0 Å². The molecule has 2 N–H and O–H groups in total. The topological polar surface area (TPSA) is 66.9 Å². The molecule has 0 spiro atoms. The molecular formula is C18H14ClFN4O. The van der Waals surface area contributed by atoms with Gasteiger partial charge in [-0.25, -0.2) is 14.4 Å². The van der Waals surface area contributed by atoms with Crippen LogP contribution in [0.1, 0.15) is 16.1 Å². The highest BCUT2D eigenvalue weighted by Gasteiger charge is 2.10. The van der Waals surface area contributed by atoms with E-state index in [0.29, 0.717) is 10.7 Å².